The van der Waals surface area contributed by atoms with E-state index in [1.54, 1.807) is 36.3 Å². The van der Waals surface area contributed by atoms with Gasteiger partial charge in [0.2, 0.25) is 5.91 Å². The van der Waals surface area contributed by atoms with Gasteiger partial charge in [0.15, 0.2) is 5.82 Å². The van der Waals surface area contributed by atoms with E-state index in [9.17, 15) is 14.4 Å². The fourth-order valence-electron chi connectivity index (χ4n) is 3.39. The number of aromatic nitrogens is 3. The Labute approximate surface area is 149 Å². The first-order valence-corrected chi connectivity index (χ1v) is 8.51. The number of ether oxygens (including phenoxy) is 1. The Bertz CT molecular complexity index is 925. The zero-order valence-electron chi connectivity index (χ0n) is 14.4. The summed E-state index contributed by atoms with van der Waals surface area (Å²) in [6.07, 6.45) is 1.93. The highest BCUT2D eigenvalue weighted by Gasteiger charge is 2.34. The smallest absolute Gasteiger partial charge is 0.365 e. The molecule has 9 nitrogen and oxygen atoms in total. The quantitative estimate of drug-likeness (QED) is 0.802. The minimum absolute atomic E-state index is 0.167. The average molecular weight is 357 g/mol. The van der Waals surface area contributed by atoms with Gasteiger partial charge in [-0.2, -0.15) is 9.67 Å². The molecule has 0 spiro atoms. The second kappa shape index (κ2) is 6.32. The van der Waals surface area contributed by atoms with Crippen molar-refractivity contribution in [3.8, 4) is 5.75 Å². The van der Waals surface area contributed by atoms with Crippen molar-refractivity contribution in [2.75, 3.05) is 25.1 Å². The number of amides is 2. The van der Waals surface area contributed by atoms with Crippen molar-refractivity contribution in [3.63, 3.8) is 0 Å². The van der Waals surface area contributed by atoms with Crippen LogP contribution in [0.3, 0.4) is 0 Å². The third-order valence-electron chi connectivity index (χ3n) is 4.75. The molecule has 26 heavy (non-hydrogen) atoms. The van der Waals surface area contributed by atoms with Gasteiger partial charge in [-0.05, 0) is 25.0 Å². The molecule has 0 aliphatic carbocycles. The zero-order valence-corrected chi connectivity index (χ0v) is 14.4. The van der Waals surface area contributed by atoms with Crippen LogP contribution in [-0.4, -0.2) is 51.4 Å². The fraction of sp³-hybridized carbons (Fsp3) is 0.412. The van der Waals surface area contributed by atoms with Gasteiger partial charge >= 0.3 is 11.7 Å². The van der Waals surface area contributed by atoms with Gasteiger partial charge in [0.25, 0.3) is 0 Å². The Morgan fingerprint density at radius 3 is 2.73 bits per heavy atom. The van der Waals surface area contributed by atoms with E-state index in [-0.39, 0.29) is 19.0 Å². The van der Waals surface area contributed by atoms with Crippen LogP contribution in [0.2, 0.25) is 0 Å². The number of rotatable bonds is 4. The van der Waals surface area contributed by atoms with Crippen molar-refractivity contribution < 1.29 is 14.3 Å². The van der Waals surface area contributed by atoms with Gasteiger partial charge in [0, 0.05) is 24.8 Å². The lowest BCUT2D eigenvalue weighted by Gasteiger charge is -2.18. The van der Waals surface area contributed by atoms with Crippen LogP contribution in [0.5, 0.6) is 5.75 Å². The van der Waals surface area contributed by atoms with Gasteiger partial charge < -0.3 is 9.64 Å². The predicted octanol–water partition coefficient (Wildman–Crippen LogP) is 0.664. The van der Waals surface area contributed by atoms with E-state index in [0.29, 0.717) is 30.4 Å². The lowest BCUT2D eigenvalue weighted by atomic mass is 10.3. The molecule has 0 N–H and O–H groups in total. The molecule has 9 heteroatoms. The molecule has 2 aliphatic heterocycles. The number of hydrogen-bond donors (Lipinski definition) is 0. The first-order valence-electron chi connectivity index (χ1n) is 8.51. The standard InChI is InChI=1S/C17H19N5O4/c1-26-13-6-4-5-12(9-13)20-10-14-18-16(24)21(22(14)17(20)25)11-15(23)19-7-2-3-8-19/h4-6,9H,2-3,7-8,10-11H2,1H3. The number of carbonyl (C=O) groups excluding carboxylic acids is 2. The molecule has 1 aromatic carbocycles. The summed E-state index contributed by atoms with van der Waals surface area (Å²) in [7, 11) is 1.55. The summed E-state index contributed by atoms with van der Waals surface area (Å²) in [5.74, 6) is 0.790. The topological polar surface area (TPSA) is 89.7 Å². The van der Waals surface area contributed by atoms with E-state index in [2.05, 4.69) is 4.98 Å². The van der Waals surface area contributed by atoms with Crippen molar-refractivity contribution in [3.05, 3.63) is 40.6 Å². The van der Waals surface area contributed by atoms with Crippen molar-refractivity contribution in [1.82, 2.24) is 19.2 Å². The Morgan fingerprint density at radius 2 is 2.00 bits per heavy atom. The summed E-state index contributed by atoms with van der Waals surface area (Å²) in [4.78, 5) is 44.6. The number of likely N-dealkylation sites (tertiary alicyclic amines) is 1. The molecule has 1 aromatic heterocycles. The van der Waals surface area contributed by atoms with E-state index < -0.39 is 11.7 Å². The minimum Gasteiger partial charge on any atom is -0.497 e. The van der Waals surface area contributed by atoms with Gasteiger partial charge in [-0.15, -0.1) is 0 Å². The summed E-state index contributed by atoms with van der Waals surface area (Å²) in [6.45, 7) is 1.38. The highest BCUT2D eigenvalue weighted by molar-refractivity contribution is 5.96. The van der Waals surface area contributed by atoms with Crippen molar-refractivity contribution >= 4 is 17.6 Å². The van der Waals surface area contributed by atoms with E-state index >= 15 is 0 Å². The highest BCUT2D eigenvalue weighted by atomic mass is 16.5. The summed E-state index contributed by atoms with van der Waals surface area (Å²) in [6, 6.07) is 6.68. The number of anilines is 1. The van der Waals surface area contributed by atoms with Gasteiger partial charge in [-0.25, -0.2) is 14.3 Å². The molecule has 0 radical (unpaired) electrons. The average Bonchev–Trinajstić information content (AvgIpc) is 3.34. The molecule has 0 atom stereocenters. The van der Waals surface area contributed by atoms with Gasteiger partial charge in [0.1, 0.15) is 12.3 Å². The van der Waals surface area contributed by atoms with Crippen molar-refractivity contribution in [2.24, 2.45) is 0 Å². The largest absolute Gasteiger partial charge is 0.497 e. The monoisotopic (exact) mass is 357 g/mol. The van der Waals surface area contributed by atoms with Crippen LogP contribution in [0.4, 0.5) is 10.5 Å². The summed E-state index contributed by atoms with van der Waals surface area (Å²) < 4.78 is 7.52. The number of carbonyl (C=O) groups is 2. The predicted molar refractivity (Wildman–Crippen MR) is 92.3 cm³/mol. The molecule has 0 saturated carbocycles. The van der Waals surface area contributed by atoms with Gasteiger partial charge in [-0.3, -0.25) is 9.69 Å². The normalized spacial score (nSPS) is 16.3. The minimum atomic E-state index is -0.578. The molecular formula is C17H19N5O4. The molecule has 2 aromatic rings. The molecular weight excluding hydrogens is 338 g/mol. The summed E-state index contributed by atoms with van der Waals surface area (Å²) in [5.41, 5.74) is 0.0657. The van der Waals surface area contributed by atoms with Crippen LogP contribution in [0.25, 0.3) is 0 Å². The van der Waals surface area contributed by atoms with Gasteiger partial charge in [0.05, 0.1) is 13.7 Å². The second-order valence-electron chi connectivity index (χ2n) is 6.34. The molecule has 2 aliphatic rings. The molecule has 4 rings (SSSR count). The Hall–Kier alpha value is -3.10. The van der Waals surface area contributed by atoms with Crippen molar-refractivity contribution in [2.45, 2.75) is 25.9 Å². The molecule has 3 heterocycles. The lowest BCUT2D eigenvalue weighted by Crippen LogP contribution is -2.39. The number of nitrogens with zero attached hydrogens (tertiary/aromatic N) is 5. The number of benzene rings is 1. The summed E-state index contributed by atoms with van der Waals surface area (Å²) in [5, 5.41) is 0. The zero-order chi connectivity index (χ0) is 18.3. The third kappa shape index (κ3) is 2.65. The first kappa shape index (κ1) is 16.4. The SMILES string of the molecule is COc1cccc(N2Cc3nc(=O)n(CC(=O)N4CCCC4)n3C2=O)c1. The van der Waals surface area contributed by atoms with E-state index in [0.717, 1.165) is 17.5 Å². The van der Waals surface area contributed by atoms with Crippen molar-refractivity contribution in [1.29, 1.82) is 0 Å². The van der Waals surface area contributed by atoms with Crippen LogP contribution < -0.4 is 15.3 Å². The van der Waals surface area contributed by atoms with Crippen LogP contribution in [0, 0.1) is 0 Å². The fourth-order valence-corrected chi connectivity index (χ4v) is 3.39. The number of hydrogen-bond acceptors (Lipinski definition) is 5. The molecule has 0 unspecified atom stereocenters. The van der Waals surface area contributed by atoms with Crippen LogP contribution >= 0.6 is 0 Å². The second-order valence-corrected chi connectivity index (χ2v) is 6.34. The Morgan fingerprint density at radius 1 is 1.23 bits per heavy atom. The summed E-state index contributed by atoms with van der Waals surface area (Å²) >= 11 is 0. The number of methoxy groups -OCH3 is 1. The first-order chi connectivity index (χ1) is 12.6. The maximum absolute atomic E-state index is 12.9. The lowest BCUT2D eigenvalue weighted by molar-refractivity contribution is -0.131. The van der Waals surface area contributed by atoms with E-state index in [1.165, 1.54) is 9.58 Å². The maximum atomic E-state index is 12.9. The molecule has 136 valence electrons. The molecule has 1 fully saturated rings. The molecule has 1 saturated heterocycles. The van der Waals surface area contributed by atoms with E-state index in [1.807, 2.05) is 0 Å². The maximum Gasteiger partial charge on any atom is 0.365 e. The van der Waals surface area contributed by atoms with Crippen LogP contribution in [0.15, 0.2) is 29.1 Å². The third-order valence-corrected chi connectivity index (χ3v) is 4.75. The molecule has 0 bridgehead atoms. The van der Waals surface area contributed by atoms with Crippen LogP contribution in [0.1, 0.15) is 18.7 Å². The number of fused-ring (bicyclic) bond motifs is 1. The highest BCUT2D eigenvalue weighted by Crippen LogP contribution is 2.26. The van der Waals surface area contributed by atoms with Crippen LogP contribution in [-0.2, 0) is 17.9 Å². The van der Waals surface area contributed by atoms with Gasteiger partial charge in [-0.1, -0.05) is 6.07 Å². The molecule has 2 amide bonds. The Balaban J connectivity index is 1.62. The van der Waals surface area contributed by atoms with E-state index in [4.69, 9.17) is 4.74 Å². The Kier molecular flexibility index (Phi) is 3.98.